The first-order valence-corrected chi connectivity index (χ1v) is 10.5. The van der Waals surface area contributed by atoms with E-state index >= 15 is 0 Å². The van der Waals surface area contributed by atoms with E-state index in [1.165, 1.54) is 24.3 Å². The van der Waals surface area contributed by atoms with E-state index in [-0.39, 0.29) is 16.5 Å². The molecule has 0 atom stereocenters. The molecule has 0 bridgehead atoms. The highest BCUT2D eigenvalue weighted by atomic mass is 35.5. The SMILES string of the molecule is [B]c1ccc(S(=O)(=O)Nc2nc3ccccc3nc2Nc2ccccc2Cl)cc1. The van der Waals surface area contributed by atoms with Gasteiger partial charge in [-0.25, -0.2) is 18.4 Å². The van der Waals surface area contributed by atoms with Gasteiger partial charge in [0.1, 0.15) is 7.85 Å². The van der Waals surface area contributed by atoms with E-state index in [1.807, 2.05) is 6.07 Å². The number of fused-ring (bicyclic) bond motifs is 1. The fourth-order valence-electron chi connectivity index (χ4n) is 2.68. The molecular formula is C20H14BClN4O2S. The van der Waals surface area contributed by atoms with Gasteiger partial charge in [0.15, 0.2) is 11.6 Å². The minimum Gasteiger partial charge on any atom is -0.336 e. The Bertz CT molecular complexity index is 1300. The molecule has 4 rings (SSSR count). The van der Waals surface area contributed by atoms with Crippen LogP contribution in [-0.2, 0) is 10.0 Å². The van der Waals surface area contributed by atoms with Crippen molar-refractivity contribution in [1.82, 2.24) is 9.97 Å². The summed E-state index contributed by atoms with van der Waals surface area (Å²) in [6, 6.07) is 20.1. The molecular weight excluding hydrogens is 407 g/mol. The van der Waals surface area contributed by atoms with Gasteiger partial charge in [-0.05, 0) is 36.4 Å². The van der Waals surface area contributed by atoms with Crippen LogP contribution in [0.1, 0.15) is 0 Å². The predicted molar refractivity (Wildman–Crippen MR) is 117 cm³/mol. The monoisotopic (exact) mass is 420 g/mol. The van der Waals surface area contributed by atoms with Crippen LogP contribution in [0.15, 0.2) is 77.7 Å². The lowest BCUT2D eigenvalue weighted by Gasteiger charge is -2.14. The van der Waals surface area contributed by atoms with Gasteiger partial charge in [-0.2, -0.15) is 0 Å². The summed E-state index contributed by atoms with van der Waals surface area (Å²) in [5.41, 5.74) is 2.20. The van der Waals surface area contributed by atoms with Gasteiger partial charge >= 0.3 is 0 Å². The van der Waals surface area contributed by atoms with Crippen LogP contribution in [0.5, 0.6) is 0 Å². The first-order valence-electron chi connectivity index (χ1n) is 8.59. The van der Waals surface area contributed by atoms with E-state index in [0.29, 0.717) is 27.2 Å². The molecule has 3 aromatic carbocycles. The molecule has 0 aliphatic rings. The van der Waals surface area contributed by atoms with Gasteiger partial charge in [-0.3, -0.25) is 4.72 Å². The normalized spacial score (nSPS) is 11.3. The summed E-state index contributed by atoms with van der Waals surface area (Å²) in [7, 11) is 1.74. The standard InChI is InChI=1S/C20H14BClN4O2S/c21-13-9-11-14(12-10-13)29(27,28)26-20-19(23-16-6-2-1-5-15(16)22)24-17-7-3-4-8-18(17)25-20/h1-12H,(H,23,24)(H,25,26). The van der Waals surface area contributed by atoms with Crippen LogP contribution in [0.2, 0.25) is 5.02 Å². The number of sulfonamides is 1. The van der Waals surface area contributed by atoms with Crippen LogP contribution >= 0.6 is 11.6 Å². The fraction of sp³-hybridized carbons (Fsp3) is 0. The molecule has 1 aromatic heterocycles. The minimum absolute atomic E-state index is 0.0560. The maximum Gasteiger partial charge on any atom is 0.263 e. The number of benzene rings is 3. The first kappa shape index (κ1) is 19.2. The fourth-order valence-corrected chi connectivity index (χ4v) is 3.87. The zero-order valence-electron chi connectivity index (χ0n) is 15.0. The van der Waals surface area contributed by atoms with Crippen molar-refractivity contribution in [2.24, 2.45) is 0 Å². The largest absolute Gasteiger partial charge is 0.336 e. The smallest absolute Gasteiger partial charge is 0.263 e. The number of hydrogen-bond donors (Lipinski definition) is 2. The van der Waals surface area contributed by atoms with Gasteiger partial charge in [0.05, 0.1) is 26.6 Å². The van der Waals surface area contributed by atoms with Crippen molar-refractivity contribution in [2.45, 2.75) is 4.90 Å². The Morgan fingerprint density at radius 3 is 2.03 bits per heavy atom. The maximum atomic E-state index is 12.8. The second-order valence-electron chi connectivity index (χ2n) is 6.19. The van der Waals surface area contributed by atoms with Crippen LogP contribution in [0.25, 0.3) is 11.0 Å². The topological polar surface area (TPSA) is 84.0 Å². The minimum atomic E-state index is -3.90. The first-order chi connectivity index (χ1) is 13.9. The lowest BCUT2D eigenvalue weighted by atomic mass is 9.97. The molecule has 0 unspecified atom stereocenters. The molecule has 0 amide bonds. The molecule has 0 aliphatic carbocycles. The van der Waals surface area contributed by atoms with Crippen molar-refractivity contribution in [3.63, 3.8) is 0 Å². The summed E-state index contributed by atoms with van der Waals surface area (Å²) in [4.78, 5) is 9.03. The molecule has 0 aliphatic heterocycles. The number of nitrogens with zero attached hydrogens (tertiary/aromatic N) is 2. The number of nitrogens with one attached hydrogen (secondary N) is 2. The molecule has 1 heterocycles. The van der Waals surface area contributed by atoms with Crippen molar-refractivity contribution in [3.8, 4) is 0 Å². The van der Waals surface area contributed by atoms with Gasteiger partial charge in [0, 0.05) is 0 Å². The third-order valence-electron chi connectivity index (χ3n) is 4.12. The molecule has 2 N–H and O–H groups in total. The second-order valence-corrected chi connectivity index (χ2v) is 8.28. The molecule has 142 valence electrons. The summed E-state index contributed by atoms with van der Waals surface area (Å²) in [5.74, 6) is 0.288. The Kier molecular flexibility index (Phi) is 5.13. The number of anilines is 3. The highest BCUT2D eigenvalue weighted by molar-refractivity contribution is 7.92. The predicted octanol–water partition coefficient (Wildman–Crippen LogP) is 3.62. The third kappa shape index (κ3) is 4.18. The molecule has 0 fully saturated rings. The van der Waals surface area contributed by atoms with Crippen LogP contribution in [0, 0.1) is 0 Å². The van der Waals surface area contributed by atoms with Crippen LogP contribution in [0.3, 0.4) is 0 Å². The number of hydrogen-bond acceptors (Lipinski definition) is 5. The van der Waals surface area contributed by atoms with E-state index < -0.39 is 10.0 Å². The zero-order chi connectivity index (χ0) is 20.4. The lowest BCUT2D eigenvalue weighted by Crippen LogP contribution is -2.16. The Hall–Kier alpha value is -3.10. The molecule has 29 heavy (non-hydrogen) atoms. The number of rotatable bonds is 5. The molecule has 0 saturated carbocycles. The number of halogens is 1. The highest BCUT2D eigenvalue weighted by Crippen LogP contribution is 2.30. The highest BCUT2D eigenvalue weighted by Gasteiger charge is 2.19. The second kappa shape index (κ2) is 7.73. The van der Waals surface area contributed by atoms with Gasteiger partial charge in [-0.1, -0.05) is 53.5 Å². The summed E-state index contributed by atoms with van der Waals surface area (Å²) >= 11 is 6.23. The Balaban J connectivity index is 1.79. The van der Waals surface area contributed by atoms with Gasteiger partial charge in [0.25, 0.3) is 10.0 Å². The van der Waals surface area contributed by atoms with Gasteiger partial charge in [0.2, 0.25) is 0 Å². The summed E-state index contributed by atoms with van der Waals surface area (Å²) < 4.78 is 28.2. The summed E-state index contributed by atoms with van der Waals surface area (Å²) in [6.07, 6.45) is 0. The summed E-state index contributed by atoms with van der Waals surface area (Å²) in [5, 5.41) is 3.53. The van der Waals surface area contributed by atoms with E-state index in [1.54, 1.807) is 42.5 Å². The Morgan fingerprint density at radius 2 is 1.38 bits per heavy atom. The molecule has 4 aromatic rings. The van der Waals surface area contributed by atoms with Crippen LogP contribution < -0.4 is 15.5 Å². The van der Waals surface area contributed by atoms with Crippen LogP contribution in [-0.4, -0.2) is 26.2 Å². The van der Waals surface area contributed by atoms with E-state index in [9.17, 15) is 8.42 Å². The number of aromatic nitrogens is 2. The molecule has 0 spiro atoms. The average Bonchev–Trinajstić information content (AvgIpc) is 2.70. The van der Waals surface area contributed by atoms with E-state index in [4.69, 9.17) is 19.4 Å². The van der Waals surface area contributed by atoms with E-state index in [2.05, 4.69) is 20.0 Å². The van der Waals surface area contributed by atoms with Crippen molar-refractivity contribution in [3.05, 3.63) is 77.8 Å². The molecule has 6 nitrogen and oxygen atoms in total. The maximum absolute atomic E-state index is 12.8. The van der Waals surface area contributed by atoms with Crippen molar-refractivity contribution >= 4 is 63.3 Å². The van der Waals surface area contributed by atoms with Crippen LogP contribution in [0.4, 0.5) is 17.3 Å². The van der Waals surface area contributed by atoms with Crippen molar-refractivity contribution < 1.29 is 8.42 Å². The van der Waals surface area contributed by atoms with Crippen molar-refractivity contribution in [2.75, 3.05) is 10.0 Å². The third-order valence-corrected chi connectivity index (χ3v) is 5.80. The zero-order valence-corrected chi connectivity index (χ0v) is 16.6. The van der Waals surface area contributed by atoms with Crippen molar-refractivity contribution in [1.29, 1.82) is 0 Å². The quantitative estimate of drug-likeness (QED) is 0.482. The Morgan fingerprint density at radius 1 is 0.793 bits per heavy atom. The molecule has 2 radical (unpaired) electrons. The average molecular weight is 421 g/mol. The Labute approximate surface area is 174 Å². The van der Waals surface area contributed by atoms with Gasteiger partial charge < -0.3 is 5.32 Å². The molecule has 0 saturated heterocycles. The summed E-state index contributed by atoms with van der Waals surface area (Å²) in [6.45, 7) is 0. The van der Waals surface area contributed by atoms with Gasteiger partial charge in [-0.15, -0.1) is 0 Å². The number of para-hydroxylation sites is 3. The lowest BCUT2D eigenvalue weighted by molar-refractivity contribution is 0.601. The van der Waals surface area contributed by atoms with E-state index in [0.717, 1.165) is 0 Å². The molecule has 9 heteroatoms.